The van der Waals surface area contributed by atoms with Crippen molar-refractivity contribution in [3.8, 4) is 0 Å². The Morgan fingerprint density at radius 3 is 2.23 bits per heavy atom. The molecule has 3 rings (SSSR count). The molecule has 114 valence electrons. The minimum absolute atomic E-state index is 0.209. The first kappa shape index (κ1) is 14.6. The fraction of sp³-hybridized carbons (Fsp3) is 0.278. The van der Waals surface area contributed by atoms with E-state index in [0.29, 0.717) is 0 Å². The van der Waals surface area contributed by atoms with Crippen LogP contribution in [0.15, 0.2) is 60.7 Å². The normalized spacial score (nSPS) is 16.6. The van der Waals surface area contributed by atoms with Gasteiger partial charge in [-0.25, -0.2) is 4.79 Å². The molecule has 0 aromatic heterocycles. The molecule has 1 aliphatic carbocycles. The van der Waals surface area contributed by atoms with Gasteiger partial charge in [0.05, 0.1) is 6.54 Å². The summed E-state index contributed by atoms with van der Waals surface area (Å²) in [5, 5.41) is 16.6. The van der Waals surface area contributed by atoms with Crippen LogP contribution in [0, 0.1) is 5.92 Å². The van der Waals surface area contributed by atoms with Crippen LogP contribution in [0.3, 0.4) is 0 Å². The van der Waals surface area contributed by atoms with Crippen LogP contribution in [0.5, 0.6) is 0 Å². The number of benzene rings is 2. The SMILES string of the molecule is O=C(NC[C@@](O)(c1ccccc1)C1CC1)Nc1ccccc1. The van der Waals surface area contributed by atoms with Gasteiger partial charge in [0.25, 0.3) is 0 Å². The standard InChI is InChI=1S/C18H20N2O2/c21-17(20-16-9-5-2-6-10-16)19-13-18(22,15-11-12-15)14-7-3-1-4-8-14/h1-10,15,22H,11-13H2,(H2,19,20,21)/t18-/m1/s1. The molecular formula is C18H20N2O2. The number of aliphatic hydroxyl groups is 1. The van der Waals surface area contributed by atoms with E-state index in [9.17, 15) is 9.90 Å². The van der Waals surface area contributed by atoms with Crippen molar-refractivity contribution < 1.29 is 9.90 Å². The Bertz CT molecular complexity index is 626. The molecule has 0 bridgehead atoms. The Morgan fingerprint density at radius 1 is 1.05 bits per heavy atom. The summed E-state index contributed by atoms with van der Waals surface area (Å²) in [7, 11) is 0. The van der Waals surface area contributed by atoms with Gasteiger partial charge in [-0.05, 0) is 36.5 Å². The molecule has 1 fully saturated rings. The number of urea groups is 1. The van der Waals surface area contributed by atoms with E-state index in [2.05, 4.69) is 10.6 Å². The zero-order valence-electron chi connectivity index (χ0n) is 12.3. The average Bonchev–Trinajstić information content (AvgIpc) is 3.40. The Morgan fingerprint density at radius 2 is 1.64 bits per heavy atom. The van der Waals surface area contributed by atoms with E-state index < -0.39 is 5.60 Å². The molecule has 4 nitrogen and oxygen atoms in total. The molecule has 3 N–H and O–H groups in total. The van der Waals surface area contributed by atoms with Crippen molar-refractivity contribution in [3.63, 3.8) is 0 Å². The molecule has 0 spiro atoms. The highest BCUT2D eigenvalue weighted by atomic mass is 16.3. The number of hydrogen-bond donors (Lipinski definition) is 3. The lowest BCUT2D eigenvalue weighted by atomic mass is 9.89. The molecule has 0 unspecified atom stereocenters. The van der Waals surface area contributed by atoms with Crippen molar-refractivity contribution in [2.45, 2.75) is 18.4 Å². The second-order valence-corrected chi connectivity index (χ2v) is 5.74. The predicted octanol–water partition coefficient (Wildman–Crippen LogP) is 3.11. The Labute approximate surface area is 130 Å². The lowest BCUT2D eigenvalue weighted by Gasteiger charge is -2.29. The van der Waals surface area contributed by atoms with Gasteiger partial charge in [-0.3, -0.25) is 0 Å². The lowest BCUT2D eigenvalue weighted by molar-refractivity contribution is 0.0164. The smallest absolute Gasteiger partial charge is 0.319 e. The van der Waals surface area contributed by atoms with E-state index in [1.807, 2.05) is 60.7 Å². The predicted molar refractivity (Wildman–Crippen MR) is 86.5 cm³/mol. The third-order valence-corrected chi connectivity index (χ3v) is 4.08. The maximum atomic E-state index is 12.0. The minimum atomic E-state index is -0.991. The van der Waals surface area contributed by atoms with Gasteiger partial charge in [0.2, 0.25) is 0 Å². The topological polar surface area (TPSA) is 61.4 Å². The first-order chi connectivity index (χ1) is 10.7. The summed E-state index contributed by atoms with van der Waals surface area (Å²) in [5.74, 6) is 0.215. The Kier molecular flexibility index (Phi) is 4.11. The summed E-state index contributed by atoms with van der Waals surface area (Å²) < 4.78 is 0. The molecule has 2 aromatic carbocycles. The van der Waals surface area contributed by atoms with Crippen LogP contribution in [0.1, 0.15) is 18.4 Å². The van der Waals surface area contributed by atoms with Gasteiger partial charge in [-0.1, -0.05) is 48.5 Å². The molecular weight excluding hydrogens is 276 g/mol. The number of amides is 2. The van der Waals surface area contributed by atoms with E-state index >= 15 is 0 Å². The van der Waals surface area contributed by atoms with Crippen LogP contribution in [0.2, 0.25) is 0 Å². The molecule has 1 atom stereocenters. The summed E-state index contributed by atoms with van der Waals surface area (Å²) in [6.45, 7) is 0.209. The van der Waals surface area contributed by atoms with Crippen molar-refractivity contribution in [1.82, 2.24) is 5.32 Å². The van der Waals surface area contributed by atoms with Gasteiger partial charge in [0.15, 0.2) is 0 Å². The molecule has 2 aromatic rings. The zero-order chi connectivity index (χ0) is 15.4. The fourth-order valence-electron chi connectivity index (χ4n) is 2.68. The highest BCUT2D eigenvalue weighted by Crippen LogP contribution is 2.45. The molecule has 4 heteroatoms. The average molecular weight is 296 g/mol. The minimum Gasteiger partial charge on any atom is -0.383 e. The van der Waals surface area contributed by atoms with Crippen molar-refractivity contribution in [2.24, 2.45) is 5.92 Å². The van der Waals surface area contributed by atoms with Crippen LogP contribution in [-0.4, -0.2) is 17.7 Å². The highest BCUT2D eigenvalue weighted by Gasteiger charge is 2.45. The third kappa shape index (κ3) is 3.28. The number of rotatable bonds is 5. The van der Waals surface area contributed by atoms with Crippen LogP contribution in [0.4, 0.5) is 10.5 Å². The first-order valence-corrected chi connectivity index (χ1v) is 7.56. The van der Waals surface area contributed by atoms with Crippen molar-refractivity contribution >= 4 is 11.7 Å². The third-order valence-electron chi connectivity index (χ3n) is 4.08. The van der Waals surface area contributed by atoms with E-state index in [-0.39, 0.29) is 18.5 Å². The molecule has 0 heterocycles. The second kappa shape index (κ2) is 6.20. The second-order valence-electron chi connectivity index (χ2n) is 5.74. The molecule has 2 amide bonds. The molecule has 22 heavy (non-hydrogen) atoms. The maximum absolute atomic E-state index is 12.0. The number of anilines is 1. The summed E-state index contributed by atoms with van der Waals surface area (Å²) in [4.78, 5) is 12.0. The highest BCUT2D eigenvalue weighted by molar-refractivity contribution is 5.89. The largest absolute Gasteiger partial charge is 0.383 e. The fourth-order valence-corrected chi connectivity index (χ4v) is 2.68. The zero-order valence-corrected chi connectivity index (χ0v) is 12.3. The number of hydrogen-bond acceptors (Lipinski definition) is 2. The van der Waals surface area contributed by atoms with E-state index in [4.69, 9.17) is 0 Å². The van der Waals surface area contributed by atoms with Gasteiger partial charge in [0.1, 0.15) is 5.60 Å². The molecule has 0 radical (unpaired) electrons. The lowest BCUT2D eigenvalue weighted by Crippen LogP contribution is -2.43. The quantitative estimate of drug-likeness (QED) is 0.794. The van der Waals surface area contributed by atoms with Crippen LogP contribution >= 0.6 is 0 Å². The van der Waals surface area contributed by atoms with E-state index in [1.54, 1.807) is 0 Å². The molecule has 1 saturated carbocycles. The van der Waals surface area contributed by atoms with Gasteiger partial charge < -0.3 is 15.7 Å². The number of para-hydroxylation sites is 1. The van der Waals surface area contributed by atoms with E-state index in [1.165, 1.54) is 0 Å². The van der Waals surface area contributed by atoms with Crippen molar-refractivity contribution in [2.75, 3.05) is 11.9 Å². The Hall–Kier alpha value is -2.33. The maximum Gasteiger partial charge on any atom is 0.319 e. The summed E-state index contributed by atoms with van der Waals surface area (Å²) in [5.41, 5.74) is 0.599. The van der Waals surface area contributed by atoms with Gasteiger partial charge in [-0.2, -0.15) is 0 Å². The van der Waals surface area contributed by atoms with Crippen LogP contribution in [0.25, 0.3) is 0 Å². The summed E-state index contributed by atoms with van der Waals surface area (Å²) in [6, 6.07) is 18.5. The van der Waals surface area contributed by atoms with Crippen LogP contribution in [-0.2, 0) is 5.60 Å². The number of nitrogens with one attached hydrogen (secondary N) is 2. The summed E-state index contributed by atoms with van der Waals surface area (Å²) >= 11 is 0. The molecule has 0 saturated heterocycles. The Balaban J connectivity index is 1.64. The van der Waals surface area contributed by atoms with Gasteiger partial charge >= 0.3 is 6.03 Å². The number of carbonyl (C=O) groups is 1. The number of carbonyl (C=O) groups excluding carboxylic acids is 1. The first-order valence-electron chi connectivity index (χ1n) is 7.56. The van der Waals surface area contributed by atoms with E-state index in [0.717, 1.165) is 24.1 Å². The summed E-state index contributed by atoms with van der Waals surface area (Å²) in [6.07, 6.45) is 1.99. The van der Waals surface area contributed by atoms with Crippen molar-refractivity contribution in [1.29, 1.82) is 0 Å². The monoisotopic (exact) mass is 296 g/mol. The van der Waals surface area contributed by atoms with Crippen molar-refractivity contribution in [3.05, 3.63) is 66.2 Å². The molecule has 0 aliphatic heterocycles. The molecule has 1 aliphatic rings. The van der Waals surface area contributed by atoms with Crippen LogP contribution < -0.4 is 10.6 Å². The van der Waals surface area contributed by atoms with Gasteiger partial charge in [0, 0.05) is 5.69 Å². The van der Waals surface area contributed by atoms with Gasteiger partial charge in [-0.15, -0.1) is 0 Å².